The van der Waals surface area contributed by atoms with Crippen LogP contribution in [-0.4, -0.2) is 32.3 Å². The summed E-state index contributed by atoms with van der Waals surface area (Å²) >= 11 is 0. The number of nitrogens with zero attached hydrogens (tertiary/aromatic N) is 1. The standard InChI is InChI=1S/C12H15FN2O/c13-10-2-1-3-11-12(10)16-7-4-9-8-14-5-6-15(9)11/h1-3,9,14H,4-8H2/t9-/m1/s1. The summed E-state index contributed by atoms with van der Waals surface area (Å²) in [6.45, 7) is 3.42. The molecule has 2 aliphatic heterocycles. The molecular weight excluding hydrogens is 207 g/mol. The fourth-order valence-corrected chi connectivity index (χ4v) is 2.50. The van der Waals surface area contributed by atoms with Crippen LogP contribution in [0.2, 0.25) is 0 Å². The maximum atomic E-state index is 13.6. The van der Waals surface area contributed by atoms with Crippen LogP contribution in [0, 0.1) is 5.82 Å². The molecule has 0 aromatic heterocycles. The van der Waals surface area contributed by atoms with Gasteiger partial charge in [-0.15, -0.1) is 0 Å². The molecule has 3 rings (SSSR count). The number of rotatable bonds is 0. The van der Waals surface area contributed by atoms with E-state index in [2.05, 4.69) is 10.2 Å². The van der Waals surface area contributed by atoms with E-state index in [9.17, 15) is 4.39 Å². The van der Waals surface area contributed by atoms with E-state index in [0.717, 1.165) is 31.7 Å². The summed E-state index contributed by atoms with van der Waals surface area (Å²) in [5.74, 6) is 0.170. The van der Waals surface area contributed by atoms with Gasteiger partial charge in [-0.05, 0) is 12.1 Å². The lowest BCUT2D eigenvalue weighted by atomic mass is 10.1. The van der Waals surface area contributed by atoms with E-state index in [-0.39, 0.29) is 5.82 Å². The van der Waals surface area contributed by atoms with Crippen molar-refractivity contribution in [1.29, 1.82) is 0 Å². The van der Waals surface area contributed by atoms with Gasteiger partial charge in [-0.25, -0.2) is 4.39 Å². The molecule has 1 aromatic carbocycles. The van der Waals surface area contributed by atoms with Crippen molar-refractivity contribution in [2.75, 3.05) is 31.1 Å². The number of benzene rings is 1. The van der Waals surface area contributed by atoms with Gasteiger partial charge in [-0.1, -0.05) is 6.07 Å². The number of hydrogen-bond acceptors (Lipinski definition) is 3. The highest BCUT2D eigenvalue weighted by Crippen LogP contribution is 2.35. The van der Waals surface area contributed by atoms with E-state index in [0.29, 0.717) is 18.4 Å². The molecule has 0 aliphatic carbocycles. The van der Waals surface area contributed by atoms with Gasteiger partial charge in [-0.2, -0.15) is 0 Å². The smallest absolute Gasteiger partial charge is 0.178 e. The Kier molecular flexibility index (Phi) is 2.44. The summed E-state index contributed by atoms with van der Waals surface area (Å²) in [5.41, 5.74) is 0.906. The van der Waals surface area contributed by atoms with Crippen LogP contribution in [0.25, 0.3) is 0 Å². The lowest BCUT2D eigenvalue weighted by Crippen LogP contribution is -2.51. The van der Waals surface area contributed by atoms with Crippen molar-refractivity contribution in [3.05, 3.63) is 24.0 Å². The molecule has 86 valence electrons. The van der Waals surface area contributed by atoms with Gasteiger partial charge < -0.3 is 15.0 Å². The first-order valence-electron chi connectivity index (χ1n) is 5.75. The molecular formula is C12H15FN2O. The van der Waals surface area contributed by atoms with Crippen LogP contribution in [-0.2, 0) is 0 Å². The number of ether oxygens (including phenoxy) is 1. The summed E-state index contributed by atoms with van der Waals surface area (Å²) in [6, 6.07) is 5.59. The maximum Gasteiger partial charge on any atom is 0.178 e. The van der Waals surface area contributed by atoms with Crippen LogP contribution in [0.1, 0.15) is 6.42 Å². The molecule has 0 bridgehead atoms. The lowest BCUT2D eigenvalue weighted by Gasteiger charge is -2.36. The van der Waals surface area contributed by atoms with Crippen LogP contribution in [0.3, 0.4) is 0 Å². The van der Waals surface area contributed by atoms with E-state index in [1.807, 2.05) is 6.07 Å². The summed E-state index contributed by atoms with van der Waals surface area (Å²) < 4.78 is 19.2. The van der Waals surface area contributed by atoms with E-state index in [1.54, 1.807) is 6.07 Å². The molecule has 0 amide bonds. The number of hydrogen-bond donors (Lipinski definition) is 1. The fraction of sp³-hybridized carbons (Fsp3) is 0.500. The molecule has 1 aromatic rings. The molecule has 4 heteroatoms. The molecule has 0 spiro atoms. The van der Waals surface area contributed by atoms with Crippen molar-refractivity contribution >= 4 is 5.69 Å². The van der Waals surface area contributed by atoms with Gasteiger partial charge in [0.2, 0.25) is 0 Å². The van der Waals surface area contributed by atoms with Crippen molar-refractivity contribution in [2.45, 2.75) is 12.5 Å². The first-order valence-corrected chi connectivity index (χ1v) is 5.75. The average molecular weight is 222 g/mol. The monoisotopic (exact) mass is 222 g/mol. The van der Waals surface area contributed by atoms with Gasteiger partial charge in [0, 0.05) is 32.1 Å². The van der Waals surface area contributed by atoms with Crippen molar-refractivity contribution < 1.29 is 9.13 Å². The Morgan fingerprint density at radius 2 is 2.38 bits per heavy atom. The first kappa shape index (κ1) is 9.90. The molecule has 1 fully saturated rings. The van der Waals surface area contributed by atoms with Gasteiger partial charge in [0.15, 0.2) is 11.6 Å². The van der Waals surface area contributed by atoms with E-state index < -0.39 is 0 Å². The maximum absolute atomic E-state index is 13.6. The minimum atomic E-state index is -0.253. The van der Waals surface area contributed by atoms with E-state index in [4.69, 9.17) is 4.74 Å². The molecule has 2 heterocycles. The number of nitrogens with one attached hydrogen (secondary N) is 1. The quantitative estimate of drug-likeness (QED) is 0.718. The minimum Gasteiger partial charge on any atom is -0.488 e. The second-order valence-electron chi connectivity index (χ2n) is 4.28. The molecule has 0 radical (unpaired) electrons. The van der Waals surface area contributed by atoms with Gasteiger partial charge in [0.25, 0.3) is 0 Å². The fourth-order valence-electron chi connectivity index (χ4n) is 2.50. The van der Waals surface area contributed by atoms with Crippen molar-refractivity contribution in [1.82, 2.24) is 5.32 Å². The van der Waals surface area contributed by atoms with Crippen LogP contribution in [0.5, 0.6) is 5.75 Å². The Balaban J connectivity index is 2.04. The molecule has 3 nitrogen and oxygen atoms in total. The predicted molar refractivity (Wildman–Crippen MR) is 60.5 cm³/mol. The third-order valence-corrected chi connectivity index (χ3v) is 3.30. The normalized spacial score (nSPS) is 24.1. The van der Waals surface area contributed by atoms with Crippen LogP contribution in [0.15, 0.2) is 18.2 Å². The average Bonchev–Trinajstić information content (AvgIpc) is 2.50. The Morgan fingerprint density at radius 3 is 3.31 bits per heavy atom. The molecule has 0 unspecified atom stereocenters. The third-order valence-electron chi connectivity index (χ3n) is 3.30. The molecule has 0 saturated carbocycles. The number of para-hydroxylation sites is 1. The minimum absolute atomic E-state index is 0.253. The zero-order chi connectivity index (χ0) is 11.0. The first-order chi connectivity index (χ1) is 7.86. The molecule has 1 saturated heterocycles. The summed E-state index contributed by atoms with van der Waals surface area (Å²) in [7, 11) is 0. The Bertz CT molecular complexity index is 397. The van der Waals surface area contributed by atoms with Crippen molar-refractivity contribution in [2.24, 2.45) is 0 Å². The Labute approximate surface area is 94.2 Å². The zero-order valence-electron chi connectivity index (χ0n) is 9.08. The molecule has 1 N–H and O–H groups in total. The highest BCUT2D eigenvalue weighted by molar-refractivity contribution is 5.60. The molecule has 16 heavy (non-hydrogen) atoms. The van der Waals surface area contributed by atoms with Gasteiger partial charge in [0.05, 0.1) is 12.3 Å². The van der Waals surface area contributed by atoms with Crippen LogP contribution in [0.4, 0.5) is 10.1 Å². The Hall–Kier alpha value is -1.29. The van der Waals surface area contributed by atoms with Crippen LogP contribution >= 0.6 is 0 Å². The number of fused-ring (bicyclic) bond motifs is 3. The van der Waals surface area contributed by atoms with Gasteiger partial charge >= 0.3 is 0 Å². The summed E-state index contributed by atoms with van der Waals surface area (Å²) in [6.07, 6.45) is 0.946. The third kappa shape index (κ3) is 1.53. The zero-order valence-corrected chi connectivity index (χ0v) is 9.08. The second kappa shape index (κ2) is 3.94. The number of anilines is 1. The molecule has 1 atom stereocenters. The van der Waals surface area contributed by atoms with Crippen LogP contribution < -0.4 is 15.0 Å². The van der Waals surface area contributed by atoms with Crippen molar-refractivity contribution in [3.63, 3.8) is 0 Å². The highest BCUT2D eigenvalue weighted by atomic mass is 19.1. The molecule has 2 aliphatic rings. The van der Waals surface area contributed by atoms with E-state index in [1.165, 1.54) is 6.07 Å². The van der Waals surface area contributed by atoms with Crippen molar-refractivity contribution in [3.8, 4) is 5.75 Å². The lowest BCUT2D eigenvalue weighted by molar-refractivity contribution is 0.291. The van der Waals surface area contributed by atoms with E-state index >= 15 is 0 Å². The van der Waals surface area contributed by atoms with Gasteiger partial charge in [0.1, 0.15) is 0 Å². The largest absolute Gasteiger partial charge is 0.488 e. The highest BCUT2D eigenvalue weighted by Gasteiger charge is 2.28. The summed E-state index contributed by atoms with van der Waals surface area (Å²) in [4.78, 5) is 2.27. The van der Waals surface area contributed by atoms with Gasteiger partial charge in [-0.3, -0.25) is 0 Å². The number of halogens is 1. The predicted octanol–water partition coefficient (Wildman–Crippen LogP) is 1.39. The Morgan fingerprint density at radius 1 is 1.44 bits per heavy atom. The topological polar surface area (TPSA) is 24.5 Å². The number of piperazine rings is 1. The second-order valence-corrected chi connectivity index (χ2v) is 4.28. The summed E-state index contributed by atoms with van der Waals surface area (Å²) in [5, 5.41) is 3.37. The SMILES string of the molecule is Fc1cccc2c1OCC[C@@H]1CNCCN21.